The van der Waals surface area contributed by atoms with Gasteiger partial charge in [0.15, 0.2) is 0 Å². The van der Waals surface area contributed by atoms with E-state index in [9.17, 15) is 8.42 Å². The Balaban J connectivity index is 2.77. The highest BCUT2D eigenvalue weighted by Gasteiger charge is 2.12. The van der Waals surface area contributed by atoms with Gasteiger partial charge in [-0.2, -0.15) is 0 Å². The first-order valence-corrected chi connectivity index (χ1v) is 6.26. The predicted molar refractivity (Wildman–Crippen MR) is 58.7 cm³/mol. The Kier molecular flexibility index (Phi) is 4.05. The molecule has 1 rings (SSSR count). The summed E-state index contributed by atoms with van der Waals surface area (Å²) in [7, 11) is -3.43. The van der Waals surface area contributed by atoms with Gasteiger partial charge < -0.3 is 5.73 Å². The Bertz CT molecular complexity index is 417. The molecule has 0 bridgehead atoms. The number of nitrogen functional groups attached to an aromatic ring is 1. The van der Waals surface area contributed by atoms with Crippen molar-refractivity contribution in [3.63, 3.8) is 0 Å². The van der Waals surface area contributed by atoms with E-state index in [-0.39, 0.29) is 10.7 Å². The molecule has 0 unspecified atom stereocenters. The number of pyridine rings is 1. The molecule has 0 atom stereocenters. The molecule has 0 fully saturated rings. The third-order valence-corrected chi connectivity index (χ3v) is 3.34. The standard InChI is InChI=1S/C9H15N3O2S/c1-2-3-5-12-15(13,14)8-4-6-11-9(10)7-8/h4,6-7,12H,2-3,5H2,1H3,(H2,10,11). The smallest absolute Gasteiger partial charge is 0.240 e. The van der Waals surface area contributed by atoms with Gasteiger partial charge in [0.1, 0.15) is 5.82 Å². The van der Waals surface area contributed by atoms with Crippen molar-refractivity contribution < 1.29 is 8.42 Å². The zero-order valence-electron chi connectivity index (χ0n) is 8.60. The summed E-state index contributed by atoms with van der Waals surface area (Å²) >= 11 is 0. The minimum absolute atomic E-state index is 0.158. The van der Waals surface area contributed by atoms with Crippen molar-refractivity contribution in [1.82, 2.24) is 9.71 Å². The van der Waals surface area contributed by atoms with E-state index in [0.717, 1.165) is 12.8 Å². The minimum Gasteiger partial charge on any atom is -0.384 e. The predicted octanol–water partition coefficient (Wildman–Crippen LogP) is 0.742. The molecule has 1 aromatic rings. The summed E-state index contributed by atoms with van der Waals surface area (Å²) in [5.74, 6) is 0.202. The molecule has 0 saturated heterocycles. The van der Waals surface area contributed by atoms with Gasteiger partial charge in [-0.3, -0.25) is 0 Å². The van der Waals surface area contributed by atoms with Gasteiger partial charge in [0.05, 0.1) is 4.90 Å². The fourth-order valence-corrected chi connectivity index (χ4v) is 2.16. The normalized spacial score (nSPS) is 11.5. The van der Waals surface area contributed by atoms with E-state index < -0.39 is 10.0 Å². The summed E-state index contributed by atoms with van der Waals surface area (Å²) in [5, 5.41) is 0. The molecule has 1 aromatic heterocycles. The van der Waals surface area contributed by atoms with Gasteiger partial charge in [-0.15, -0.1) is 0 Å². The Hall–Kier alpha value is -1.14. The molecule has 0 aromatic carbocycles. The molecule has 0 amide bonds. The van der Waals surface area contributed by atoms with E-state index in [1.54, 1.807) is 0 Å². The van der Waals surface area contributed by atoms with Crippen molar-refractivity contribution in [2.45, 2.75) is 24.7 Å². The monoisotopic (exact) mass is 229 g/mol. The number of nitrogens with zero attached hydrogens (tertiary/aromatic N) is 1. The topological polar surface area (TPSA) is 85.1 Å². The summed E-state index contributed by atoms with van der Waals surface area (Å²) in [4.78, 5) is 3.89. The molecule has 6 heteroatoms. The highest BCUT2D eigenvalue weighted by Crippen LogP contribution is 2.09. The summed E-state index contributed by atoms with van der Waals surface area (Å²) < 4.78 is 25.8. The molecule has 0 aliphatic rings. The Morgan fingerprint density at radius 2 is 2.27 bits per heavy atom. The number of hydrogen-bond acceptors (Lipinski definition) is 4. The quantitative estimate of drug-likeness (QED) is 0.729. The number of anilines is 1. The van der Waals surface area contributed by atoms with Crippen LogP contribution in [0.3, 0.4) is 0 Å². The van der Waals surface area contributed by atoms with Crippen LogP contribution in [0.15, 0.2) is 23.2 Å². The second-order valence-electron chi connectivity index (χ2n) is 3.17. The van der Waals surface area contributed by atoms with Crippen LogP contribution in [0.5, 0.6) is 0 Å². The van der Waals surface area contributed by atoms with Gasteiger partial charge in [-0.1, -0.05) is 13.3 Å². The lowest BCUT2D eigenvalue weighted by Gasteiger charge is -2.05. The van der Waals surface area contributed by atoms with Gasteiger partial charge in [0.2, 0.25) is 10.0 Å². The van der Waals surface area contributed by atoms with Gasteiger partial charge in [0, 0.05) is 18.8 Å². The molecule has 0 radical (unpaired) electrons. The minimum atomic E-state index is -3.43. The molecule has 1 heterocycles. The van der Waals surface area contributed by atoms with Gasteiger partial charge in [-0.25, -0.2) is 18.1 Å². The van der Waals surface area contributed by atoms with Crippen LogP contribution in [0.4, 0.5) is 5.82 Å². The van der Waals surface area contributed by atoms with Gasteiger partial charge in [-0.05, 0) is 12.5 Å². The van der Waals surface area contributed by atoms with Crippen LogP contribution in [0.2, 0.25) is 0 Å². The first-order valence-electron chi connectivity index (χ1n) is 4.77. The first kappa shape index (κ1) is 11.9. The summed E-state index contributed by atoms with van der Waals surface area (Å²) in [6.45, 7) is 2.44. The van der Waals surface area contributed by atoms with Crippen LogP contribution >= 0.6 is 0 Å². The molecular formula is C9H15N3O2S. The number of nitrogens with one attached hydrogen (secondary N) is 1. The third-order valence-electron chi connectivity index (χ3n) is 1.89. The maximum atomic E-state index is 11.7. The van der Waals surface area contributed by atoms with Crippen molar-refractivity contribution in [3.8, 4) is 0 Å². The van der Waals surface area contributed by atoms with Crippen LogP contribution in [0.25, 0.3) is 0 Å². The largest absolute Gasteiger partial charge is 0.384 e. The second kappa shape index (κ2) is 5.09. The number of unbranched alkanes of at least 4 members (excludes halogenated alkanes) is 1. The average molecular weight is 229 g/mol. The van der Waals surface area contributed by atoms with Crippen LogP contribution in [0, 0.1) is 0 Å². The zero-order valence-corrected chi connectivity index (χ0v) is 9.42. The van der Waals surface area contributed by atoms with Crippen LogP contribution < -0.4 is 10.5 Å². The molecule has 15 heavy (non-hydrogen) atoms. The van der Waals surface area contributed by atoms with Crippen molar-refractivity contribution >= 4 is 15.8 Å². The molecule has 84 valence electrons. The Labute approximate surface area is 89.8 Å². The van der Waals surface area contributed by atoms with Crippen LogP contribution in [0.1, 0.15) is 19.8 Å². The lowest BCUT2D eigenvalue weighted by Crippen LogP contribution is -2.24. The van der Waals surface area contributed by atoms with E-state index in [2.05, 4.69) is 9.71 Å². The van der Waals surface area contributed by atoms with E-state index in [1.165, 1.54) is 18.3 Å². The molecule has 0 spiro atoms. The Morgan fingerprint density at radius 3 is 2.87 bits per heavy atom. The highest BCUT2D eigenvalue weighted by atomic mass is 32.2. The fourth-order valence-electron chi connectivity index (χ4n) is 1.06. The third kappa shape index (κ3) is 3.49. The lowest BCUT2D eigenvalue weighted by molar-refractivity contribution is 0.578. The van der Waals surface area contributed by atoms with Crippen LogP contribution in [-0.4, -0.2) is 19.9 Å². The first-order chi connectivity index (χ1) is 7.06. The van der Waals surface area contributed by atoms with E-state index in [1.807, 2.05) is 6.92 Å². The summed E-state index contributed by atoms with van der Waals surface area (Å²) in [6, 6.07) is 2.76. The number of nitrogens with two attached hydrogens (primary N) is 1. The second-order valence-corrected chi connectivity index (χ2v) is 4.93. The van der Waals surface area contributed by atoms with Gasteiger partial charge in [0.25, 0.3) is 0 Å². The Morgan fingerprint density at radius 1 is 1.53 bits per heavy atom. The molecule has 3 N–H and O–H groups in total. The molecule has 0 aliphatic carbocycles. The zero-order chi connectivity index (χ0) is 11.3. The fraction of sp³-hybridized carbons (Fsp3) is 0.444. The summed E-state index contributed by atoms with van der Waals surface area (Å²) in [6.07, 6.45) is 3.14. The van der Waals surface area contributed by atoms with Crippen molar-refractivity contribution in [2.75, 3.05) is 12.3 Å². The van der Waals surface area contributed by atoms with Crippen LogP contribution in [-0.2, 0) is 10.0 Å². The van der Waals surface area contributed by atoms with Crippen molar-refractivity contribution in [1.29, 1.82) is 0 Å². The number of rotatable bonds is 5. The average Bonchev–Trinajstić information content (AvgIpc) is 2.18. The SMILES string of the molecule is CCCCNS(=O)(=O)c1ccnc(N)c1. The van der Waals surface area contributed by atoms with Crippen molar-refractivity contribution in [3.05, 3.63) is 18.3 Å². The highest BCUT2D eigenvalue weighted by molar-refractivity contribution is 7.89. The molecule has 0 aliphatic heterocycles. The maximum absolute atomic E-state index is 11.7. The maximum Gasteiger partial charge on any atom is 0.240 e. The van der Waals surface area contributed by atoms with Gasteiger partial charge >= 0.3 is 0 Å². The lowest BCUT2D eigenvalue weighted by atomic mass is 10.3. The molecule has 0 saturated carbocycles. The van der Waals surface area contributed by atoms with E-state index >= 15 is 0 Å². The molecular weight excluding hydrogens is 214 g/mol. The number of hydrogen-bond donors (Lipinski definition) is 2. The molecule has 5 nitrogen and oxygen atoms in total. The summed E-state index contributed by atoms with van der Waals surface area (Å²) in [5.41, 5.74) is 5.41. The van der Waals surface area contributed by atoms with Crippen molar-refractivity contribution in [2.24, 2.45) is 0 Å². The van der Waals surface area contributed by atoms with E-state index in [0.29, 0.717) is 6.54 Å². The number of sulfonamides is 1. The number of aromatic nitrogens is 1. The van der Waals surface area contributed by atoms with E-state index in [4.69, 9.17) is 5.73 Å².